The van der Waals surface area contributed by atoms with Crippen LogP contribution in [-0.2, 0) is 0 Å². The van der Waals surface area contributed by atoms with Gasteiger partial charge < -0.3 is 4.90 Å². The molecular weight excluding hydrogens is 246 g/mol. The summed E-state index contributed by atoms with van der Waals surface area (Å²) in [6.45, 7) is 11.1. The Hall–Kier alpha value is -0.0831. The van der Waals surface area contributed by atoms with E-state index in [0.717, 1.165) is 5.54 Å². The van der Waals surface area contributed by atoms with Gasteiger partial charge >= 0.3 is 0 Å². The molecule has 0 aromatic heterocycles. The van der Waals surface area contributed by atoms with E-state index in [-0.39, 0.29) is 0 Å². The molecule has 0 bridgehead atoms. The van der Waals surface area contributed by atoms with Crippen LogP contribution in [0.5, 0.6) is 0 Å². The van der Waals surface area contributed by atoms with Gasteiger partial charge in [0.15, 0.2) is 0 Å². The average Bonchev–Trinajstić information content (AvgIpc) is 2.54. The Bertz CT molecular complexity index is 225. The average molecular weight is 282 g/mol. The molecule has 0 aliphatic carbocycles. The number of rotatable bonds is 6. The molecule has 1 fully saturated rings. The molecule has 1 unspecified atom stereocenters. The van der Waals surface area contributed by atoms with Crippen LogP contribution in [0.3, 0.4) is 0 Å². The molecular formula is C17H35NSi. The Morgan fingerprint density at radius 2 is 1.47 bits per heavy atom. The van der Waals surface area contributed by atoms with E-state index in [9.17, 15) is 0 Å². The smallest absolute Gasteiger partial charge is 0.0452 e. The van der Waals surface area contributed by atoms with Gasteiger partial charge in [0.2, 0.25) is 0 Å². The van der Waals surface area contributed by atoms with E-state index >= 15 is 0 Å². The van der Waals surface area contributed by atoms with Gasteiger partial charge in [-0.05, 0) is 38.4 Å². The highest BCUT2D eigenvalue weighted by atomic mass is 28.3. The molecule has 112 valence electrons. The predicted octanol–water partition coefficient (Wildman–Crippen LogP) is 4.86. The molecule has 1 rings (SSSR count). The summed E-state index contributed by atoms with van der Waals surface area (Å²) < 4.78 is 0. The topological polar surface area (TPSA) is 3.24 Å². The fraction of sp³-hybridized carbons (Fsp3) is 0.882. The minimum absolute atomic E-state index is 0.561. The lowest BCUT2D eigenvalue weighted by atomic mass is 10.1. The van der Waals surface area contributed by atoms with Crippen LogP contribution in [0.25, 0.3) is 0 Å². The quantitative estimate of drug-likeness (QED) is 0.496. The van der Waals surface area contributed by atoms with Crippen LogP contribution < -0.4 is 0 Å². The first-order chi connectivity index (χ1) is 9.31. The molecule has 0 aromatic rings. The maximum Gasteiger partial charge on any atom is 0.0452 e. The lowest BCUT2D eigenvalue weighted by Crippen LogP contribution is -2.34. The van der Waals surface area contributed by atoms with E-state index in [1.807, 2.05) is 0 Å². The normalized spacial score (nSPS) is 21.3. The predicted molar refractivity (Wildman–Crippen MR) is 90.8 cm³/mol. The van der Waals surface area contributed by atoms with Crippen LogP contribution in [0.1, 0.15) is 59.3 Å². The molecule has 1 nitrogen and oxygen atoms in total. The van der Waals surface area contributed by atoms with Gasteiger partial charge in [0.05, 0.1) is 0 Å². The molecule has 0 amide bonds. The summed E-state index contributed by atoms with van der Waals surface area (Å²) in [6.07, 6.45) is 13.5. The van der Waals surface area contributed by atoms with Crippen molar-refractivity contribution in [2.45, 2.75) is 76.9 Å². The number of hydrogen-bond acceptors (Lipinski definition) is 1. The highest BCUT2D eigenvalue weighted by molar-refractivity contribution is 6.60. The summed E-state index contributed by atoms with van der Waals surface area (Å²) in [7, 11) is -0.561. The van der Waals surface area contributed by atoms with Gasteiger partial charge in [-0.15, -0.1) is 0 Å². The van der Waals surface area contributed by atoms with E-state index in [2.05, 4.69) is 37.8 Å². The standard InChI is InChI=1S/C17H35NSi/c1-4-13-17(19(5-2)6-3)16-18-14-11-9-7-8-10-12-15-18/h4,13,17,19H,5-12,14-16H2,1-3H3. The van der Waals surface area contributed by atoms with Crippen molar-refractivity contribution in [3.05, 3.63) is 12.2 Å². The van der Waals surface area contributed by atoms with Crippen molar-refractivity contribution in [2.75, 3.05) is 19.6 Å². The lowest BCUT2D eigenvalue weighted by Gasteiger charge is -2.29. The van der Waals surface area contributed by atoms with Crippen molar-refractivity contribution in [2.24, 2.45) is 0 Å². The number of hydrogen-bond donors (Lipinski definition) is 0. The molecule has 1 aliphatic rings. The van der Waals surface area contributed by atoms with Crippen LogP contribution in [-0.4, -0.2) is 33.3 Å². The van der Waals surface area contributed by atoms with E-state index < -0.39 is 8.80 Å². The third-order valence-corrected chi connectivity index (χ3v) is 8.50. The molecule has 0 N–H and O–H groups in total. The number of nitrogens with zero attached hydrogens (tertiary/aromatic N) is 1. The van der Waals surface area contributed by atoms with Crippen molar-refractivity contribution < 1.29 is 0 Å². The summed E-state index contributed by atoms with van der Waals surface area (Å²) in [4.78, 5) is 2.78. The maximum absolute atomic E-state index is 2.78. The number of allylic oxidation sites excluding steroid dienone is 1. The molecule has 1 heterocycles. The van der Waals surface area contributed by atoms with Crippen LogP contribution in [0.2, 0.25) is 17.6 Å². The van der Waals surface area contributed by atoms with E-state index in [0.29, 0.717) is 0 Å². The Morgan fingerprint density at radius 1 is 0.947 bits per heavy atom. The van der Waals surface area contributed by atoms with Gasteiger partial charge in [-0.3, -0.25) is 0 Å². The van der Waals surface area contributed by atoms with Gasteiger partial charge in [-0.25, -0.2) is 0 Å². The molecule has 1 atom stereocenters. The molecule has 1 saturated heterocycles. The van der Waals surface area contributed by atoms with Crippen molar-refractivity contribution in [1.29, 1.82) is 0 Å². The second kappa shape index (κ2) is 10.7. The van der Waals surface area contributed by atoms with Gasteiger partial charge in [-0.1, -0.05) is 63.8 Å². The largest absolute Gasteiger partial charge is 0.303 e. The van der Waals surface area contributed by atoms with Crippen LogP contribution in [0, 0.1) is 0 Å². The molecule has 0 saturated carbocycles. The van der Waals surface area contributed by atoms with Gasteiger partial charge in [-0.2, -0.15) is 0 Å². The molecule has 0 spiro atoms. The van der Waals surface area contributed by atoms with Crippen LogP contribution >= 0.6 is 0 Å². The zero-order chi connectivity index (χ0) is 13.9. The second-order valence-electron chi connectivity index (χ2n) is 6.19. The Kier molecular flexibility index (Phi) is 9.53. The third-order valence-electron chi connectivity index (χ3n) is 4.76. The van der Waals surface area contributed by atoms with Crippen molar-refractivity contribution >= 4 is 8.80 Å². The summed E-state index contributed by atoms with van der Waals surface area (Å²) in [5.41, 5.74) is 0.903. The summed E-state index contributed by atoms with van der Waals surface area (Å²) in [5, 5.41) is 0. The second-order valence-corrected chi connectivity index (χ2v) is 10.2. The fourth-order valence-corrected chi connectivity index (χ4v) is 6.40. The minimum atomic E-state index is -0.561. The fourth-order valence-electron chi connectivity index (χ4n) is 3.48. The summed E-state index contributed by atoms with van der Waals surface area (Å²) in [5.74, 6) is 0. The van der Waals surface area contributed by atoms with Crippen molar-refractivity contribution in [3.8, 4) is 0 Å². The highest BCUT2D eigenvalue weighted by Gasteiger charge is 2.20. The highest BCUT2D eigenvalue weighted by Crippen LogP contribution is 2.22. The van der Waals surface area contributed by atoms with Gasteiger partial charge in [0.1, 0.15) is 0 Å². The molecule has 19 heavy (non-hydrogen) atoms. The minimum Gasteiger partial charge on any atom is -0.303 e. The zero-order valence-corrected chi connectivity index (χ0v) is 14.7. The summed E-state index contributed by atoms with van der Waals surface area (Å²) in [6, 6.07) is 2.92. The van der Waals surface area contributed by atoms with Crippen LogP contribution in [0.15, 0.2) is 12.2 Å². The zero-order valence-electron chi connectivity index (χ0n) is 13.5. The monoisotopic (exact) mass is 281 g/mol. The Balaban J connectivity index is 2.54. The first-order valence-electron chi connectivity index (χ1n) is 8.66. The maximum atomic E-state index is 2.78. The summed E-state index contributed by atoms with van der Waals surface area (Å²) >= 11 is 0. The van der Waals surface area contributed by atoms with E-state index in [1.165, 1.54) is 70.2 Å². The van der Waals surface area contributed by atoms with Gasteiger partial charge in [0, 0.05) is 15.3 Å². The SMILES string of the molecule is CC=CC(CN1CCCCCCCC1)[SiH](CC)CC. The molecule has 0 radical (unpaired) electrons. The first-order valence-corrected chi connectivity index (χ1v) is 11.0. The Morgan fingerprint density at radius 3 is 1.95 bits per heavy atom. The van der Waals surface area contributed by atoms with Crippen molar-refractivity contribution in [1.82, 2.24) is 4.90 Å². The van der Waals surface area contributed by atoms with E-state index in [1.54, 1.807) is 0 Å². The lowest BCUT2D eigenvalue weighted by molar-refractivity contribution is 0.272. The third kappa shape index (κ3) is 6.76. The van der Waals surface area contributed by atoms with Crippen LogP contribution in [0.4, 0.5) is 0 Å². The molecule has 0 aromatic carbocycles. The van der Waals surface area contributed by atoms with E-state index in [4.69, 9.17) is 0 Å². The van der Waals surface area contributed by atoms with Crippen molar-refractivity contribution in [3.63, 3.8) is 0 Å². The Labute approximate surface area is 123 Å². The first kappa shape index (κ1) is 17.0. The van der Waals surface area contributed by atoms with Gasteiger partial charge in [0.25, 0.3) is 0 Å². The molecule has 1 aliphatic heterocycles. The molecule has 2 heteroatoms.